The molecule has 4 nitrogen and oxygen atoms in total. The van der Waals surface area contributed by atoms with E-state index >= 15 is 0 Å². The molecule has 0 spiro atoms. The van der Waals surface area contributed by atoms with Gasteiger partial charge >= 0.3 is 5.97 Å². The van der Waals surface area contributed by atoms with Gasteiger partial charge in [-0.05, 0) is 90.6 Å². The molecule has 0 aliphatic heterocycles. The van der Waals surface area contributed by atoms with E-state index in [0.29, 0.717) is 24.2 Å². The van der Waals surface area contributed by atoms with Crippen LogP contribution in [0.25, 0.3) is 17.2 Å². The Bertz CT molecular complexity index is 1330. The second-order valence-corrected chi connectivity index (χ2v) is 10.6. The van der Waals surface area contributed by atoms with Crippen molar-refractivity contribution < 1.29 is 19.7 Å². The van der Waals surface area contributed by atoms with E-state index in [2.05, 4.69) is 70.2 Å². The number of carbonyl (C=O) groups is 1. The first kappa shape index (κ1) is 30.2. The minimum absolute atomic E-state index is 0.0797. The number of aliphatic hydroxyl groups is 1. The quantitative estimate of drug-likeness (QED) is 0.248. The van der Waals surface area contributed by atoms with Crippen molar-refractivity contribution in [1.29, 1.82) is 0 Å². The molecule has 0 aromatic heterocycles. The van der Waals surface area contributed by atoms with Crippen LogP contribution in [0.4, 0.5) is 0 Å². The lowest BCUT2D eigenvalue weighted by molar-refractivity contribution is -0.136. The van der Waals surface area contributed by atoms with Crippen molar-refractivity contribution >= 4 is 12.0 Å². The Balaban J connectivity index is 2.02. The molecule has 0 aliphatic carbocycles. The topological polar surface area (TPSA) is 66.8 Å². The summed E-state index contributed by atoms with van der Waals surface area (Å²) in [6.45, 7) is 12.8. The number of aryl methyl sites for hydroxylation is 2. The first-order valence-electron chi connectivity index (χ1n) is 14.1. The number of hydrogen-bond acceptors (Lipinski definition) is 3. The number of aliphatic carboxylic acids is 1. The van der Waals surface area contributed by atoms with Gasteiger partial charge in [-0.3, -0.25) is 4.79 Å². The zero-order valence-electron chi connectivity index (χ0n) is 24.6. The lowest BCUT2D eigenvalue weighted by atomic mass is 9.69. The zero-order valence-corrected chi connectivity index (χ0v) is 24.6. The Labute approximate surface area is 234 Å². The maximum absolute atomic E-state index is 11.4. The Morgan fingerprint density at radius 2 is 1.46 bits per heavy atom. The van der Waals surface area contributed by atoms with Gasteiger partial charge in [-0.25, -0.2) is 0 Å². The van der Waals surface area contributed by atoms with Crippen LogP contribution in [0.1, 0.15) is 86.8 Å². The van der Waals surface area contributed by atoms with Crippen LogP contribution >= 0.6 is 0 Å². The van der Waals surface area contributed by atoms with Gasteiger partial charge in [-0.15, -0.1) is 0 Å². The van der Waals surface area contributed by atoms with Gasteiger partial charge in [0, 0.05) is 11.0 Å². The summed E-state index contributed by atoms with van der Waals surface area (Å²) in [4.78, 5) is 11.4. The third-order valence-corrected chi connectivity index (χ3v) is 8.54. The van der Waals surface area contributed by atoms with E-state index in [1.54, 1.807) is 7.11 Å². The Hall–Kier alpha value is -3.37. The molecule has 0 bridgehead atoms. The number of carboxylic acid groups (broad SMARTS) is 1. The zero-order chi connectivity index (χ0) is 28.8. The van der Waals surface area contributed by atoms with E-state index in [1.165, 1.54) is 16.7 Å². The smallest absolute Gasteiger partial charge is 0.307 e. The molecule has 208 valence electrons. The maximum atomic E-state index is 11.4. The van der Waals surface area contributed by atoms with Crippen LogP contribution < -0.4 is 4.74 Å². The second kappa shape index (κ2) is 12.7. The number of hydrogen-bond donors (Lipinski definition) is 2. The van der Waals surface area contributed by atoms with Crippen molar-refractivity contribution in [3.8, 4) is 16.9 Å². The number of methoxy groups -OCH3 is 1. The normalized spacial score (nSPS) is 12.2. The molecule has 0 amide bonds. The van der Waals surface area contributed by atoms with Gasteiger partial charge in [-0.1, -0.05) is 82.3 Å². The summed E-state index contributed by atoms with van der Waals surface area (Å²) in [5.74, 6) is -0.287. The van der Waals surface area contributed by atoms with Gasteiger partial charge in [0.05, 0.1) is 19.1 Å². The van der Waals surface area contributed by atoms with Gasteiger partial charge in [0.2, 0.25) is 0 Å². The molecule has 3 aromatic carbocycles. The highest BCUT2D eigenvalue weighted by atomic mass is 16.5. The minimum Gasteiger partial charge on any atom is -0.496 e. The van der Waals surface area contributed by atoms with Crippen LogP contribution in [0.5, 0.6) is 5.75 Å². The Kier molecular flexibility index (Phi) is 9.79. The summed E-state index contributed by atoms with van der Waals surface area (Å²) in [6.07, 6.45) is 7.23. The number of benzene rings is 3. The van der Waals surface area contributed by atoms with E-state index in [4.69, 9.17) is 4.74 Å². The summed E-state index contributed by atoms with van der Waals surface area (Å²) in [7, 11) is 1.57. The summed E-state index contributed by atoms with van der Waals surface area (Å²) >= 11 is 0. The van der Waals surface area contributed by atoms with Gasteiger partial charge in [0.15, 0.2) is 0 Å². The molecular formula is C35H44O4. The minimum atomic E-state index is -0.878. The molecule has 39 heavy (non-hydrogen) atoms. The molecular weight excluding hydrogens is 484 g/mol. The summed E-state index contributed by atoms with van der Waals surface area (Å²) in [5.41, 5.74) is 7.91. The van der Waals surface area contributed by atoms with Crippen molar-refractivity contribution in [2.75, 3.05) is 7.11 Å². The fourth-order valence-electron chi connectivity index (χ4n) is 5.66. The van der Waals surface area contributed by atoms with Crippen LogP contribution in [-0.2, 0) is 16.6 Å². The first-order valence-corrected chi connectivity index (χ1v) is 14.1. The highest BCUT2D eigenvalue weighted by Gasteiger charge is 2.31. The molecule has 0 heterocycles. The average molecular weight is 529 g/mol. The van der Waals surface area contributed by atoms with Crippen molar-refractivity contribution in [3.63, 3.8) is 0 Å². The predicted octanol–water partition coefficient (Wildman–Crippen LogP) is 8.28. The van der Waals surface area contributed by atoms with Crippen LogP contribution in [0, 0.1) is 13.8 Å². The monoisotopic (exact) mass is 528 g/mol. The molecule has 0 atom stereocenters. The van der Waals surface area contributed by atoms with Crippen molar-refractivity contribution in [2.24, 2.45) is 0 Å². The van der Waals surface area contributed by atoms with E-state index in [9.17, 15) is 15.0 Å². The molecule has 0 saturated heterocycles. The molecule has 0 saturated carbocycles. The van der Waals surface area contributed by atoms with Gasteiger partial charge in [0.25, 0.3) is 0 Å². The number of carboxylic acids is 1. The first-order chi connectivity index (χ1) is 18.6. The predicted molar refractivity (Wildman–Crippen MR) is 162 cm³/mol. The Morgan fingerprint density at radius 3 is 1.97 bits per heavy atom. The highest BCUT2D eigenvalue weighted by Crippen LogP contribution is 2.41. The van der Waals surface area contributed by atoms with E-state index in [1.807, 2.05) is 38.1 Å². The summed E-state index contributed by atoms with van der Waals surface area (Å²) in [6, 6.07) is 19.2. The van der Waals surface area contributed by atoms with Crippen LogP contribution in [-0.4, -0.2) is 28.9 Å². The molecule has 0 radical (unpaired) electrons. The number of ether oxygens (including phenoxy) is 1. The van der Waals surface area contributed by atoms with E-state index in [0.717, 1.165) is 35.1 Å². The molecule has 4 heteroatoms. The van der Waals surface area contributed by atoms with Gasteiger partial charge in [-0.2, -0.15) is 0 Å². The van der Waals surface area contributed by atoms with E-state index in [-0.39, 0.29) is 11.8 Å². The highest BCUT2D eigenvalue weighted by molar-refractivity contribution is 5.75. The van der Waals surface area contributed by atoms with Gasteiger partial charge in [0.1, 0.15) is 5.75 Å². The largest absolute Gasteiger partial charge is 0.496 e. The third-order valence-electron chi connectivity index (χ3n) is 8.54. The summed E-state index contributed by atoms with van der Waals surface area (Å²) < 4.78 is 5.39. The molecule has 0 fully saturated rings. The van der Waals surface area contributed by atoms with Crippen LogP contribution in [0.3, 0.4) is 0 Å². The summed E-state index contributed by atoms with van der Waals surface area (Å²) in [5, 5.41) is 20.0. The van der Waals surface area contributed by atoms with Crippen molar-refractivity contribution in [1.82, 2.24) is 0 Å². The molecule has 0 unspecified atom stereocenters. The van der Waals surface area contributed by atoms with Crippen molar-refractivity contribution in [3.05, 3.63) is 94.1 Å². The SMILES string of the molecule is CCC(O)(C=Cc1ccc(C(CC)(CC)c2ccc(-c3ccc(OC)c(CC(=O)O)c3)c(C)c2)cc1C)CC. The maximum Gasteiger partial charge on any atom is 0.307 e. The molecule has 3 rings (SSSR count). The molecule has 0 aliphatic rings. The van der Waals surface area contributed by atoms with Crippen molar-refractivity contribution in [2.45, 2.75) is 84.7 Å². The lowest BCUT2D eigenvalue weighted by Gasteiger charge is -2.34. The number of rotatable bonds is 12. The second-order valence-electron chi connectivity index (χ2n) is 10.6. The standard InChI is InChI=1S/C35H44O4/c1-8-34(38,9-2)19-18-26-12-14-29(20-24(26)5)35(10-3,11-4)30-15-16-31(25(6)21-30)27-13-17-32(39-7)28(22-27)23-33(36)37/h12-22,38H,8-11,23H2,1-7H3,(H,36,37). The fourth-order valence-corrected chi connectivity index (χ4v) is 5.66. The molecule has 3 aromatic rings. The van der Waals surface area contributed by atoms with E-state index < -0.39 is 11.6 Å². The molecule has 2 N–H and O–H groups in total. The Morgan fingerprint density at radius 1 is 0.846 bits per heavy atom. The van der Waals surface area contributed by atoms with Crippen LogP contribution in [0.15, 0.2) is 60.7 Å². The third kappa shape index (κ3) is 6.45. The fraction of sp³-hybridized carbons (Fsp3) is 0.400. The van der Waals surface area contributed by atoms with Crippen LogP contribution in [0.2, 0.25) is 0 Å². The van der Waals surface area contributed by atoms with Gasteiger partial charge < -0.3 is 14.9 Å². The lowest BCUT2D eigenvalue weighted by Crippen LogP contribution is -2.26. The average Bonchev–Trinajstić information content (AvgIpc) is 2.93.